The van der Waals surface area contributed by atoms with Crippen LogP contribution in [0.4, 0.5) is 11.5 Å². The van der Waals surface area contributed by atoms with Gasteiger partial charge in [-0.05, 0) is 39.0 Å². The molecular weight excluding hydrogens is 352 g/mol. The first kappa shape index (κ1) is 18.3. The van der Waals surface area contributed by atoms with E-state index in [1.165, 1.54) is 0 Å². The Bertz CT molecular complexity index is 975. The van der Waals surface area contributed by atoms with E-state index in [1.807, 2.05) is 43.7 Å². The van der Waals surface area contributed by atoms with Gasteiger partial charge >= 0.3 is 0 Å². The number of methoxy groups -OCH3 is 1. The molecule has 1 aliphatic rings. The molecule has 0 bridgehead atoms. The fourth-order valence-electron chi connectivity index (χ4n) is 3.74. The summed E-state index contributed by atoms with van der Waals surface area (Å²) in [6.07, 6.45) is 0. The first-order valence-electron chi connectivity index (χ1n) is 9.57. The maximum Gasteiger partial charge on any atom is 0.159 e. The zero-order chi connectivity index (χ0) is 19.7. The van der Waals surface area contributed by atoms with Gasteiger partial charge in [0.15, 0.2) is 5.82 Å². The summed E-state index contributed by atoms with van der Waals surface area (Å²) in [6, 6.07) is 12.3. The highest BCUT2D eigenvalue weighted by Gasteiger charge is 2.21. The Morgan fingerprint density at radius 1 is 0.857 bits per heavy atom. The molecule has 0 unspecified atom stereocenters. The molecule has 3 heterocycles. The predicted molar refractivity (Wildman–Crippen MR) is 111 cm³/mol. The molecule has 146 valence electrons. The zero-order valence-corrected chi connectivity index (χ0v) is 16.9. The molecule has 0 saturated carbocycles. The summed E-state index contributed by atoms with van der Waals surface area (Å²) in [4.78, 5) is 14.0. The van der Waals surface area contributed by atoms with E-state index in [9.17, 15) is 0 Å². The first-order valence-corrected chi connectivity index (χ1v) is 9.57. The van der Waals surface area contributed by atoms with Crippen LogP contribution in [0.3, 0.4) is 0 Å². The van der Waals surface area contributed by atoms with Crippen LogP contribution in [0, 0.1) is 20.8 Å². The number of rotatable bonds is 4. The monoisotopic (exact) mass is 378 g/mol. The van der Waals surface area contributed by atoms with Gasteiger partial charge in [-0.2, -0.15) is 5.10 Å². The minimum atomic E-state index is 0.757. The van der Waals surface area contributed by atoms with Gasteiger partial charge in [-0.25, -0.2) is 14.6 Å². The molecule has 0 N–H and O–H groups in total. The molecule has 0 spiro atoms. The second kappa shape index (κ2) is 7.50. The van der Waals surface area contributed by atoms with Crippen molar-refractivity contribution in [3.8, 4) is 11.6 Å². The van der Waals surface area contributed by atoms with Crippen molar-refractivity contribution >= 4 is 11.5 Å². The van der Waals surface area contributed by atoms with Gasteiger partial charge in [0.1, 0.15) is 17.4 Å². The average molecular weight is 378 g/mol. The van der Waals surface area contributed by atoms with Crippen molar-refractivity contribution in [1.82, 2.24) is 19.7 Å². The third-order valence-corrected chi connectivity index (χ3v) is 5.07. The number of ether oxygens (including phenoxy) is 1. The van der Waals surface area contributed by atoms with Crippen molar-refractivity contribution < 1.29 is 4.74 Å². The van der Waals surface area contributed by atoms with E-state index in [2.05, 4.69) is 43.1 Å². The van der Waals surface area contributed by atoms with Crippen LogP contribution in [0.1, 0.15) is 17.2 Å². The highest BCUT2D eigenvalue weighted by atomic mass is 16.5. The number of para-hydroxylation sites is 2. The Hall–Kier alpha value is -3.09. The van der Waals surface area contributed by atoms with Gasteiger partial charge in [-0.1, -0.05) is 12.1 Å². The van der Waals surface area contributed by atoms with Crippen molar-refractivity contribution in [2.75, 3.05) is 43.1 Å². The van der Waals surface area contributed by atoms with Gasteiger partial charge in [0.2, 0.25) is 0 Å². The molecule has 0 atom stereocenters. The zero-order valence-electron chi connectivity index (χ0n) is 16.9. The summed E-state index contributed by atoms with van der Waals surface area (Å²) in [6.45, 7) is 9.59. The summed E-state index contributed by atoms with van der Waals surface area (Å²) in [7, 11) is 1.72. The number of piperazine rings is 1. The van der Waals surface area contributed by atoms with E-state index < -0.39 is 0 Å². The lowest BCUT2D eigenvalue weighted by atomic mass is 10.2. The Morgan fingerprint density at radius 3 is 2.21 bits per heavy atom. The van der Waals surface area contributed by atoms with Crippen LogP contribution in [-0.2, 0) is 0 Å². The Labute approximate surface area is 165 Å². The number of hydrogen-bond donors (Lipinski definition) is 0. The van der Waals surface area contributed by atoms with Gasteiger partial charge in [-0.15, -0.1) is 0 Å². The van der Waals surface area contributed by atoms with Crippen molar-refractivity contribution in [2.45, 2.75) is 20.8 Å². The van der Waals surface area contributed by atoms with Crippen LogP contribution in [-0.4, -0.2) is 53.0 Å². The Kier molecular flexibility index (Phi) is 4.90. The molecule has 3 aromatic rings. The van der Waals surface area contributed by atoms with E-state index in [0.717, 1.165) is 66.5 Å². The third kappa shape index (κ3) is 3.52. The van der Waals surface area contributed by atoms with Crippen molar-refractivity contribution in [3.05, 3.63) is 53.6 Å². The number of nitrogens with zero attached hydrogens (tertiary/aromatic N) is 6. The van der Waals surface area contributed by atoms with Gasteiger partial charge in [0.05, 0.1) is 18.5 Å². The smallest absolute Gasteiger partial charge is 0.159 e. The van der Waals surface area contributed by atoms with Crippen LogP contribution in [0.25, 0.3) is 5.82 Å². The fraction of sp³-hybridized carbons (Fsp3) is 0.381. The number of hydrogen-bond acceptors (Lipinski definition) is 6. The van der Waals surface area contributed by atoms with Gasteiger partial charge < -0.3 is 14.5 Å². The molecule has 7 heteroatoms. The van der Waals surface area contributed by atoms with E-state index in [1.54, 1.807) is 7.11 Å². The molecule has 28 heavy (non-hydrogen) atoms. The second-order valence-corrected chi connectivity index (χ2v) is 7.12. The number of aromatic nitrogens is 4. The van der Waals surface area contributed by atoms with Crippen LogP contribution < -0.4 is 14.5 Å². The van der Waals surface area contributed by atoms with Crippen LogP contribution in [0.5, 0.6) is 5.75 Å². The van der Waals surface area contributed by atoms with Crippen molar-refractivity contribution in [3.63, 3.8) is 0 Å². The van der Waals surface area contributed by atoms with Crippen LogP contribution in [0.2, 0.25) is 0 Å². The lowest BCUT2D eigenvalue weighted by Gasteiger charge is -2.37. The Balaban J connectivity index is 1.54. The van der Waals surface area contributed by atoms with Crippen LogP contribution >= 0.6 is 0 Å². The minimum Gasteiger partial charge on any atom is -0.495 e. The summed E-state index contributed by atoms with van der Waals surface area (Å²) in [5.41, 5.74) is 3.20. The third-order valence-electron chi connectivity index (χ3n) is 5.07. The van der Waals surface area contributed by atoms with Crippen molar-refractivity contribution in [1.29, 1.82) is 0 Å². The van der Waals surface area contributed by atoms with Gasteiger partial charge in [0, 0.05) is 37.9 Å². The molecule has 0 aliphatic carbocycles. The van der Waals surface area contributed by atoms with Crippen LogP contribution in [0.15, 0.2) is 36.4 Å². The maximum atomic E-state index is 5.52. The molecular formula is C21H26N6O. The molecule has 2 aromatic heterocycles. The first-order chi connectivity index (χ1) is 13.5. The molecule has 7 nitrogen and oxygen atoms in total. The summed E-state index contributed by atoms with van der Waals surface area (Å²) in [5.74, 6) is 3.45. The van der Waals surface area contributed by atoms with E-state index in [0.29, 0.717) is 0 Å². The molecule has 0 radical (unpaired) electrons. The highest BCUT2D eigenvalue weighted by molar-refractivity contribution is 5.59. The van der Waals surface area contributed by atoms with Crippen molar-refractivity contribution in [2.24, 2.45) is 0 Å². The van der Waals surface area contributed by atoms with Gasteiger partial charge in [0.25, 0.3) is 0 Å². The molecule has 1 aliphatic heterocycles. The molecule has 4 rings (SSSR count). The van der Waals surface area contributed by atoms with E-state index in [4.69, 9.17) is 4.74 Å². The average Bonchev–Trinajstić information content (AvgIpc) is 3.05. The normalized spacial score (nSPS) is 14.4. The topological polar surface area (TPSA) is 59.3 Å². The number of anilines is 2. The SMILES string of the molecule is COc1ccccc1N1CCN(c2cc(-n3nc(C)cc3C)nc(C)n2)CC1. The predicted octanol–water partition coefficient (Wildman–Crippen LogP) is 2.92. The summed E-state index contributed by atoms with van der Waals surface area (Å²) < 4.78 is 7.41. The molecule has 0 amide bonds. The van der Waals surface area contributed by atoms with E-state index in [-0.39, 0.29) is 0 Å². The molecule has 1 aromatic carbocycles. The molecule has 1 saturated heterocycles. The number of aryl methyl sites for hydroxylation is 3. The second-order valence-electron chi connectivity index (χ2n) is 7.12. The lowest BCUT2D eigenvalue weighted by Crippen LogP contribution is -2.47. The largest absolute Gasteiger partial charge is 0.495 e. The van der Waals surface area contributed by atoms with E-state index >= 15 is 0 Å². The highest BCUT2D eigenvalue weighted by Crippen LogP contribution is 2.29. The standard InChI is InChI=1S/C21H26N6O/c1-15-13-16(2)27(24-15)21-14-20(22-17(3)23-21)26-11-9-25(10-12-26)18-7-5-6-8-19(18)28-4/h5-8,13-14H,9-12H2,1-4H3. The lowest BCUT2D eigenvalue weighted by molar-refractivity contribution is 0.413. The Morgan fingerprint density at radius 2 is 1.54 bits per heavy atom. The van der Waals surface area contributed by atoms with Gasteiger partial charge in [-0.3, -0.25) is 0 Å². The minimum absolute atomic E-state index is 0.757. The molecule has 1 fully saturated rings. The fourth-order valence-corrected chi connectivity index (χ4v) is 3.74. The quantitative estimate of drug-likeness (QED) is 0.696. The maximum absolute atomic E-state index is 5.52. The summed E-state index contributed by atoms with van der Waals surface area (Å²) in [5, 5.41) is 4.56. The number of benzene rings is 1. The summed E-state index contributed by atoms with van der Waals surface area (Å²) >= 11 is 0.